The molecule has 0 bridgehead atoms. The third-order valence-corrected chi connectivity index (χ3v) is 8.51. The van der Waals surface area contributed by atoms with E-state index in [1.165, 1.54) is 76.4 Å². The van der Waals surface area contributed by atoms with Crippen LogP contribution in [0.5, 0.6) is 0 Å². The normalized spacial score (nSPS) is 12.5. The van der Waals surface area contributed by atoms with Gasteiger partial charge in [-0.05, 0) is 59.3 Å². The van der Waals surface area contributed by atoms with Gasteiger partial charge in [0.1, 0.15) is 0 Å². The third kappa shape index (κ3) is 2.45. The minimum Gasteiger partial charge on any atom is -0.309 e. The largest absolute Gasteiger partial charge is 0.309 e. The van der Waals surface area contributed by atoms with Crippen LogP contribution < -0.4 is 0 Å². The molecule has 0 unspecified atom stereocenters. The highest BCUT2D eigenvalue weighted by Crippen LogP contribution is 2.44. The molecular formula is C34H19BrN2. The van der Waals surface area contributed by atoms with Crippen LogP contribution in [0.25, 0.3) is 76.4 Å². The monoisotopic (exact) mass is 534 g/mol. The van der Waals surface area contributed by atoms with Gasteiger partial charge in [0.15, 0.2) is 0 Å². The summed E-state index contributed by atoms with van der Waals surface area (Å²) in [6.07, 6.45) is 0. The summed E-state index contributed by atoms with van der Waals surface area (Å²) in [4.78, 5) is 0. The van der Waals surface area contributed by atoms with Gasteiger partial charge in [-0.25, -0.2) is 0 Å². The van der Waals surface area contributed by atoms with Gasteiger partial charge in [0.05, 0.1) is 27.6 Å². The number of benzene rings is 6. The summed E-state index contributed by atoms with van der Waals surface area (Å²) in [6.45, 7) is 0. The first kappa shape index (κ1) is 19.8. The first-order valence-electron chi connectivity index (χ1n) is 12.6. The molecule has 3 heterocycles. The number of para-hydroxylation sites is 2. The predicted molar refractivity (Wildman–Crippen MR) is 161 cm³/mol. The van der Waals surface area contributed by atoms with Gasteiger partial charge in [0.25, 0.3) is 0 Å². The van der Waals surface area contributed by atoms with Crippen molar-refractivity contribution in [2.75, 3.05) is 0 Å². The van der Waals surface area contributed by atoms with E-state index in [9.17, 15) is 0 Å². The maximum atomic E-state index is 3.85. The maximum absolute atomic E-state index is 3.85. The minimum atomic E-state index is 1.11. The highest BCUT2D eigenvalue weighted by molar-refractivity contribution is 9.10. The van der Waals surface area contributed by atoms with Crippen molar-refractivity contribution in [2.45, 2.75) is 0 Å². The Kier molecular flexibility index (Phi) is 3.69. The molecule has 0 N–H and O–H groups in total. The molecule has 9 rings (SSSR count). The van der Waals surface area contributed by atoms with Crippen molar-refractivity contribution in [1.29, 1.82) is 0 Å². The molecule has 0 aliphatic heterocycles. The van der Waals surface area contributed by atoms with Crippen LogP contribution in [0.2, 0.25) is 0 Å². The number of fused-ring (bicyclic) bond motifs is 8. The minimum absolute atomic E-state index is 1.11. The van der Waals surface area contributed by atoms with Crippen LogP contribution in [0.4, 0.5) is 0 Å². The van der Waals surface area contributed by atoms with E-state index >= 15 is 0 Å². The topological polar surface area (TPSA) is 9.34 Å². The number of nitrogens with zero attached hydrogens (tertiary/aromatic N) is 2. The molecule has 0 atom stereocenters. The summed E-state index contributed by atoms with van der Waals surface area (Å²) in [5.41, 5.74) is 7.44. The highest BCUT2D eigenvalue weighted by atomic mass is 79.9. The fourth-order valence-corrected chi connectivity index (χ4v) is 7.07. The van der Waals surface area contributed by atoms with Gasteiger partial charge in [-0.2, -0.15) is 0 Å². The Hall–Kier alpha value is -4.34. The molecule has 3 aromatic heterocycles. The fraction of sp³-hybridized carbons (Fsp3) is 0. The van der Waals surface area contributed by atoms with E-state index in [4.69, 9.17) is 0 Å². The first-order chi connectivity index (χ1) is 18.3. The molecule has 0 spiro atoms. The molecule has 0 aliphatic carbocycles. The summed E-state index contributed by atoms with van der Waals surface area (Å²) in [5, 5.41) is 10.3. The third-order valence-electron chi connectivity index (χ3n) is 8.05. The molecular weight excluding hydrogens is 516 g/mol. The van der Waals surface area contributed by atoms with E-state index in [2.05, 4.69) is 140 Å². The van der Waals surface area contributed by atoms with Crippen molar-refractivity contribution in [2.24, 2.45) is 0 Å². The van der Waals surface area contributed by atoms with E-state index in [1.54, 1.807) is 0 Å². The Balaban J connectivity index is 1.60. The second-order valence-electron chi connectivity index (χ2n) is 9.94. The van der Waals surface area contributed by atoms with E-state index in [-0.39, 0.29) is 0 Å². The lowest BCUT2D eigenvalue weighted by molar-refractivity contribution is 1.18. The number of hydrogen-bond acceptors (Lipinski definition) is 0. The fourth-order valence-electron chi connectivity index (χ4n) is 6.61. The lowest BCUT2D eigenvalue weighted by Crippen LogP contribution is -1.93. The predicted octanol–water partition coefficient (Wildman–Crippen LogP) is 9.85. The van der Waals surface area contributed by atoms with E-state index in [0.717, 1.165) is 4.47 Å². The number of pyridine rings is 1. The van der Waals surface area contributed by atoms with Crippen LogP contribution in [0.15, 0.2) is 120 Å². The van der Waals surface area contributed by atoms with Crippen molar-refractivity contribution in [3.05, 3.63) is 120 Å². The Morgan fingerprint density at radius 2 is 1.11 bits per heavy atom. The van der Waals surface area contributed by atoms with Gasteiger partial charge in [-0.3, -0.25) is 0 Å². The second kappa shape index (κ2) is 6.90. The molecule has 0 aliphatic rings. The summed E-state index contributed by atoms with van der Waals surface area (Å²) >= 11 is 3.85. The highest BCUT2D eigenvalue weighted by Gasteiger charge is 2.21. The standard InChI is InChI=1S/C34H19BrN2/c35-21-16-27-24-13-6-8-20-9-7-15-30(33(20)24)37-32-18-25-23-12-4-5-14-29(23)36(22-10-2-1-3-11-22)31(25)19-26(32)28(17-21)34(27)37/h1-19H. The molecule has 6 aromatic carbocycles. The average molecular weight is 535 g/mol. The van der Waals surface area contributed by atoms with Crippen molar-refractivity contribution >= 4 is 86.6 Å². The van der Waals surface area contributed by atoms with Crippen molar-refractivity contribution in [1.82, 2.24) is 8.97 Å². The summed E-state index contributed by atoms with van der Waals surface area (Å²) in [5.74, 6) is 0. The average Bonchev–Trinajstić information content (AvgIpc) is 3.43. The molecule has 0 radical (unpaired) electrons. The smallest absolute Gasteiger partial charge is 0.0620 e. The lowest BCUT2D eigenvalue weighted by Gasteiger charge is -2.13. The van der Waals surface area contributed by atoms with Gasteiger partial charge < -0.3 is 8.97 Å². The molecule has 0 saturated heterocycles. The van der Waals surface area contributed by atoms with Crippen LogP contribution in [0.1, 0.15) is 0 Å². The number of hydrogen-bond donors (Lipinski definition) is 0. The molecule has 0 saturated carbocycles. The second-order valence-corrected chi connectivity index (χ2v) is 10.9. The van der Waals surface area contributed by atoms with Gasteiger partial charge >= 0.3 is 0 Å². The van der Waals surface area contributed by atoms with Crippen LogP contribution in [-0.2, 0) is 0 Å². The first-order valence-corrected chi connectivity index (χ1v) is 13.4. The van der Waals surface area contributed by atoms with Crippen molar-refractivity contribution in [3.8, 4) is 5.69 Å². The molecule has 0 amide bonds. The zero-order valence-corrected chi connectivity index (χ0v) is 21.3. The Morgan fingerprint density at radius 3 is 1.97 bits per heavy atom. The van der Waals surface area contributed by atoms with Gasteiger partial charge in [-0.1, -0.05) is 82.7 Å². The molecule has 37 heavy (non-hydrogen) atoms. The Morgan fingerprint density at radius 1 is 0.459 bits per heavy atom. The number of aromatic nitrogens is 2. The van der Waals surface area contributed by atoms with Gasteiger partial charge in [0.2, 0.25) is 0 Å². The Labute approximate surface area is 220 Å². The van der Waals surface area contributed by atoms with Crippen LogP contribution in [-0.4, -0.2) is 8.97 Å². The lowest BCUT2D eigenvalue weighted by atomic mass is 9.99. The number of halogens is 1. The van der Waals surface area contributed by atoms with Gasteiger partial charge in [0, 0.05) is 42.5 Å². The van der Waals surface area contributed by atoms with Crippen LogP contribution >= 0.6 is 15.9 Å². The zero-order chi connectivity index (χ0) is 24.2. The number of rotatable bonds is 1. The van der Waals surface area contributed by atoms with Crippen molar-refractivity contribution < 1.29 is 0 Å². The van der Waals surface area contributed by atoms with E-state index in [0.29, 0.717) is 0 Å². The maximum Gasteiger partial charge on any atom is 0.0620 e. The van der Waals surface area contributed by atoms with E-state index in [1.807, 2.05) is 0 Å². The molecule has 3 heteroatoms. The summed E-state index contributed by atoms with van der Waals surface area (Å²) in [7, 11) is 0. The molecule has 9 aromatic rings. The molecule has 172 valence electrons. The Bertz CT molecular complexity index is 2350. The van der Waals surface area contributed by atoms with E-state index < -0.39 is 0 Å². The SMILES string of the molecule is Brc1cc2c3cccc4cccc(c43)n3c4cc5c6ccccc6n(-c6ccccc6)c5cc4c(c1)c23. The zero-order valence-electron chi connectivity index (χ0n) is 19.7. The van der Waals surface area contributed by atoms with Gasteiger partial charge in [-0.15, -0.1) is 0 Å². The quantitative estimate of drug-likeness (QED) is 0.146. The molecule has 2 nitrogen and oxygen atoms in total. The van der Waals surface area contributed by atoms with Crippen LogP contribution in [0.3, 0.4) is 0 Å². The summed E-state index contributed by atoms with van der Waals surface area (Å²) in [6, 6.07) is 42.2. The van der Waals surface area contributed by atoms with Crippen molar-refractivity contribution in [3.63, 3.8) is 0 Å². The molecule has 0 fully saturated rings. The van der Waals surface area contributed by atoms with Crippen LogP contribution in [0, 0.1) is 0 Å². The summed E-state index contributed by atoms with van der Waals surface area (Å²) < 4.78 is 6.01.